The molecule has 23 heavy (non-hydrogen) atoms. The summed E-state index contributed by atoms with van der Waals surface area (Å²) < 4.78 is 14.9. The van der Waals surface area contributed by atoms with E-state index >= 15 is 0 Å². The largest absolute Gasteiger partial charge is 0.261 e. The standard InChI is InChI=1S/C18H16FN3S/c1-13-3-5-14(6-4-13)11-21-22-17(12-23-18(22)20-2)15-7-9-16(19)10-8-15/h3-12H,1-2H3/b20-18?,21-11+. The van der Waals surface area contributed by atoms with Gasteiger partial charge in [-0.15, -0.1) is 11.3 Å². The molecular formula is C18H16FN3S. The molecule has 0 N–H and O–H groups in total. The lowest BCUT2D eigenvalue weighted by Crippen LogP contribution is -2.11. The van der Waals surface area contributed by atoms with E-state index in [1.807, 2.05) is 29.6 Å². The Labute approximate surface area is 138 Å². The normalized spacial score (nSPS) is 12.2. The molecule has 0 spiro atoms. The van der Waals surface area contributed by atoms with Crippen molar-refractivity contribution in [3.8, 4) is 11.3 Å². The lowest BCUT2D eigenvalue weighted by Gasteiger charge is -2.03. The van der Waals surface area contributed by atoms with Crippen LogP contribution in [0, 0.1) is 12.7 Å². The highest BCUT2D eigenvalue weighted by molar-refractivity contribution is 7.07. The summed E-state index contributed by atoms with van der Waals surface area (Å²) in [6, 6.07) is 14.5. The molecule has 0 aliphatic rings. The number of aromatic nitrogens is 1. The molecule has 0 aliphatic heterocycles. The molecule has 0 unspecified atom stereocenters. The number of benzene rings is 2. The highest BCUT2D eigenvalue weighted by atomic mass is 32.1. The summed E-state index contributed by atoms with van der Waals surface area (Å²) >= 11 is 1.50. The van der Waals surface area contributed by atoms with Crippen LogP contribution in [-0.2, 0) is 0 Å². The molecule has 3 nitrogen and oxygen atoms in total. The maximum atomic E-state index is 13.1. The van der Waals surface area contributed by atoms with Gasteiger partial charge in [0, 0.05) is 18.0 Å². The smallest absolute Gasteiger partial charge is 0.205 e. The topological polar surface area (TPSA) is 29.6 Å². The highest BCUT2D eigenvalue weighted by Crippen LogP contribution is 2.20. The Balaban J connectivity index is 2.02. The molecule has 0 saturated heterocycles. The maximum Gasteiger partial charge on any atom is 0.205 e. The predicted octanol–water partition coefficient (Wildman–Crippen LogP) is 4.08. The molecule has 116 valence electrons. The zero-order chi connectivity index (χ0) is 16.2. The Morgan fingerprint density at radius 1 is 1.04 bits per heavy atom. The molecule has 0 aliphatic carbocycles. The number of hydrogen-bond acceptors (Lipinski definition) is 3. The summed E-state index contributed by atoms with van der Waals surface area (Å²) in [7, 11) is 1.73. The van der Waals surface area contributed by atoms with Gasteiger partial charge >= 0.3 is 0 Å². The lowest BCUT2D eigenvalue weighted by atomic mass is 10.2. The SMILES string of the molecule is CN=c1scc(-c2ccc(F)cc2)n1/N=C/c1ccc(C)cc1. The summed E-state index contributed by atoms with van der Waals surface area (Å²) in [4.78, 5) is 5.04. The molecule has 3 rings (SSSR count). The Kier molecular flexibility index (Phi) is 4.48. The second-order valence-electron chi connectivity index (χ2n) is 5.10. The Hall–Kier alpha value is -2.53. The second-order valence-corrected chi connectivity index (χ2v) is 5.94. The number of thiazole rings is 1. The van der Waals surface area contributed by atoms with Gasteiger partial charge in [0.2, 0.25) is 4.80 Å². The van der Waals surface area contributed by atoms with E-state index in [-0.39, 0.29) is 5.82 Å². The molecular weight excluding hydrogens is 309 g/mol. The van der Waals surface area contributed by atoms with Crippen molar-refractivity contribution in [3.05, 3.63) is 75.7 Å². The van der Waals surface area contributed by atoms with Crippen molar-refractivity contribution in [2.45, 2.75) is 6.92 Å². The molecule has 0 amide bonds. The third kappa shape index (κ3) is 3.46. The van der Waals surface area contributed by atoms with E-state index in [9.17, 15) is 4.39 Å². The van der Waals surface area contributed by atoms with Gasteiger partial charge < -0.3 is 0 Å². The summed E-state index contributed by atoms with van der Waals surface area (Å²) in [6.45, 7) is 2.05. The minimum absolute atomic E-state index is 0.251. The van der Waals surface area contributed by atoms with Crippen molar-refractivity contribution in [2.75, 3.05) is 7.05 Å². The van der Waals surface area contributed by atoms with Gasteiger partial charge in [0.1, 0.15) is 5.82 Å². The first kappa shape index (κ1) is 15.4. The zero-order valence-electron chi connectivity index (χ0n) is 12.9. The first-order valence-corrected chi connectivity index (χ1v) is 8.05. The van der Waals surface area contributed by atoms with Crippen molar-refractivity contribution >= 4 is 17.6 Å². The van der Waals surface area contributed by atoms with E-state index in [1.165, 1.54) is 29.0 Å². The molecule has 1 aromatic heterocycles. The lowest BCUT2D eigenvalue weighted by molar-refractivity contribution is 0.628. The van der Waals surface area contributed by atoms with Crippen molar-refractivity contribution in [1.82, 2.24) is 4.68 Å². The maximum absolute atomic E-state index is 13.1. The van der Waals surface area contributed by atoms with Crippen LogP contribution in [0.1, 0.15) is 11.1 Å². The fourth-order valence-electron chi connectivity index (χ4n) is 2.16. The molecule has 2 aromatic carbocycles. The van der Waals surface area contributed by atoms with Crippen molar-refractivity contribution in [3.63, 3.8) is 0 Å². The van der Waals surface area contributed by atoms with Gasteiger partial charge in [0.15, 0.2) is 0 Å². The van der Waals surface area contributed by atoms with E-state index < -0.39 is 0 Å². The molecule has 0 bridgehead atoms. The van der Waals surface area contributed by atoms with Crippen LogP contribution in [-0.4, -0.2) is 17.9 Å². The first-order valence-electron chi connectivity index (χ1n) is 7.18. The van der Waals surface area contributed by atoms with Crippen LogP contribution in [0.5, 0.6) is 0 Å². The van der Waals surface area contributed by atoms with Gasteiger partial charge in [-0.1, -0.05) is 29.8 Å². The van der Waals surface area contributed by atoms with Crippen molar-refractivity contribution < 1.29 is 4.39 Å². The molecule has 0 fully saturated rings. The molecule has 1 heterocycles. The second kappa shape index (κ2) is 6.71. The van der Waals surface area contributed by atoms with E-state index in [2.05, 4.69) is 17.0 Å². The fraction of sp³-hybridized carbons (Fsp3) is 0.111. The van der Waals surface area contributed by atoms with Gasteiger partial charge in [0.05, 0.1) is 11.9 Å². The van der Waals surface area contributed by atoms with Gasteiger partial charge in [-0.05, 0) is 36.8 Å². The Morgan fingerprint density at radius 3 is 2.39 bits per heavy atom. The summed E-state index contributed by atoms with van der Waals surface area (Å²) in [5.41, 5.74) is 4.01. The van der Waals surface area contributed by atoms with Crippen molar-refractivity contribution in [2.24, 2.45) is 10.1 Å². The van der Waals surface area contributed by atoms with E-state index in [0.29, 0.717) is 0 Å². The molecule has 5 heteroatoms. The number of rotatable bonds is 3. The van der Waals surface area contributed by atoms with Gasteiger partial charge in [-0.25, -0.2) is 9.07 Å². The first-order chi connectivity index (χ1) is 11.2. The summed E-state index contributed by atoms with van der Waals surface area (Å²) in [5, 5.41) is 6.52. The van der Waals surface area contributed by atoms with Gasteiger partial charge in [-0.2, -0.15) is 5.10 Å². The predicted molar refractivity (Wildman–Crippen MR) is 93.4 cm³/mol. The van der Waals surface area contributed by atoms with Crippen LogP contribution < -0.4 is 4.80 Å². The number of halogens is 1. The molecule has 0 saturated carbocycles. The Morgan fingerprint density at radius 2 is 1.74 bits per heavy atom. The minimum atomic E-state index is -0.251. The van der Waals surface area contributed by atoms with E-state index in [1.54, 1.807) is 30.1 Å². The zero-order valence-corrected chi connectivity index (χ0v) is 13.7. The van der Waals surface area contributed by atoms with E-state index in [0.717, 1.165) is 21.6 Å². The third-order valence-corrected chi connectivity index (χ3v) is 4.32. The molecule has 0 atom stereocenters. The van der Waals surface area contributed by atoms with Crippen LogP contribution in [0.4, 0.5) is 4.39 Å². The average molecular weight is 325 g/mol. The highest BCUT2D eigenvalue weighted by Gasteiger charge is 2.07. The Bertz CT molecular complexity index is 887. The van der Waals surface area contributed by atoms with Crippen LogP contribution in [0.25, 0.3) is 11.3 Å². The monoisotopic (exact) mass is 325 g/mol. The van der Waals surface area contributed by atoms with Crippen LogP contribution >= 0.6 is 11.3 Å². The number of hydrogen-bond donors (Lipinski definition) is 0. The quantitative estimate of drug-likeness (QED) is 0.650. The van der Waals surface area contributed by atoms with Crippen molar-refractivity contribution in [1.29, 1.82) is 0 Å². The van der Waals surface area contributed by atoms with Crippen LogP contribution in [0.3, 0.4) is 0 Å². The average Bonchev–Trinajstić information content (AvgIpc) is 2.98. The summed E-state index contributed by atoms with van der Waals surface area (Å²) in [5.74, 6) is -0.251. The fourth-order valence-corrected chi connectivity index (χ4v) is 2.96. The minimum Gasteiger partial charge on any atom is -0.261 e. The number of aryl methyl sites for hydroxylation is 1. The molecule has 0 radical (unpaired) electrons. The molecule has 3 aromatic rings. The van der Waals surface area contributed by atoms with Gasteiger partial charge in [-0.3, -0.25) is 4.99 Å². The third-order valence-electron chi connectivity index (χ3n) is 3.42. The van der Waals surface area contributed by atoms with Crippen LogP contribution in [0.2, 0.25) is 0 Å². The van der Waals surface area contributed by atoms with E-state index in [4.69, 9.17) is 0 Å². The number of nitrogens with zero attached hydrogens (tertiary/aromatic N) is 3. The summed E-state index contributed by atoms with van der Waals surface area (Å²) in [6.07, 6.45) is 1.80. The van der Waals surface area contributed by atoms with Crippen LogP contribution in [0.15, 0.2) is 64.0 Å². The van der Waals surface area contributed by atoms with Gasteiger partial charge in [0.25, 0.3) is 0 Å².